The van der Waals surface area contributed by atoms with Gasteiger partial charge in [-0.1, -0.05) is 25.5 Å². The molecule has 2 heterocycles. The van der Waals surface area contributed by atoms with Crippen molar-refractivity contribution in [2.75, 3.05) is 25.6 Å². The molecule has 0 aliphatic carbocycles. The van der Waals surface area contributed by atoms with E-state index in [-0.39, 0.29) is 29.3 Å². The number of amides is 2. The van der Waals surface area contributed by atoms with Crippen molar-refractivity contribution in [1.29, 1.82) is 0 Å². The number of aldehydes is 1. The maximum absolute atomic E-state index is 13.2. The number of alkyl carbamates (subject to hydrolysis) is 1. The molecule has 4 rings (SSSR count). The van der Waals surface area contributed by atoms with Crippen LogP contribution < -0.4 is 10.6 Å². The lowest BCUT2D eigenvalue weighted by molar-refractivity contribution is -0.120. The highest BCUT2D eigenvalue weighted by atomic mass is 19.3. The molecule has 1 fully saturated rings. The fraction of sp³-hybridized carbons (Fsp3) is 0.486. The first kappa shape index (κ1) is 38.1. The van der Waals surface area contributed by atoms with E-state index >= 15 is 0 Å². The first-order valence-corrected chi connectivity index (χ1v) is 15.9. The highest BCUT2D eigenvalue weighted by molar-refractivity contribution is 5.98. The van der Waals surface area contributed by atoms with Gasteiger partial charge in [0.1, 0.15) is 30.0 Å². The molecule has 2 aromatic carbocycles. The van der Waals surface area contributed by atoms with Crippen LogP contribution in [0.15, 0.2) is 52.9 Å². The van der Waals surface area contributed by atoms with Crippen LogP contribution in [0, 0.1) is 11.7 Å². The molecule has 4 unspecified atom stereocenters. The molecule has 0 radical (unpaired) electrons. The zero-order valence-electron chi connectivity index (χ0n) is 27.9. The van der Waals surface area contributed by atoms with Gasteiger partial charge in [-0.05, 0) is 102 Å². The first-order valence-electron chi connectivity index (χ1n) is 15.9. The molecule has 1 saturated heterocycles. The second-order valence-corrected chi connectivity index (χ2v) is 12.8. The summed E-state index contributed by atoms with van der Waals surface area (Å²) in [7, 11) is 1.88. The van der Waals surface area contributed by atoms with Gasteiger partial charge in [0.2, 0.25) is 11.7 Å². The van der Waals surface area contributed by atoms with Gasteiger partial charge in [-0.3, -0.25) is 9.69 Å². The molecule has 3 aromatic rings. The van der Waals surface area contributed by atoms with E-state index in [0.717, 1.165) is 37.7 Å². The van der Waals surface area contributed by atoms with E-state index in [4.69, 9.17) is 9.15 Å². The Balaban J connectivity index is 0.000000288. The molecule has 0 spiro atoms. The number of hydrogen-bond acceptors (Lipinski definition) is 8. The van der Waals surface area contributed by atoms with Crippen molar-refractivity contribution in [2.24, 2.45) is 5.92 Å². The quantitative estimate of drug-likeness (QED) is 0.192. The fourth-order valence-electron chi connectivity index (χ4n) is 5.52. The van der Waals surface area contributed by atoms with Crippen molar-refractivity contribution in [3.63, 3.8) is 0 Å². The molecule has 10 nitrogen and oxygen atoms in total. The summed E-state index contributed by atoms with van der Waals surface area (Å²) in [6, 6.07) is 11.5. The summed E-state index contributed by atoms with van der Waals surface area (Å²) >= 11 is 0. The largest absolute Gasteiger partial charge is 0.449 e. The van der Waals surface area contributed by atoms with Crippen molar-refractivity contribution < 1.29 is 46.6 Å². The summed E-state index contributed by atoms with van der Waals surface area (Å²) in [6.45, 7) is 7.34. The van der Waals surface area contributed by atoms with E-state index in [2.05, 4.69) is 15.6 Å². The van der Waals surface area contributed by atoms with Gasteiger partial charge >= 0.3 is 12.1 Å². The van der Waals surface area contributed by atoms with E-state index in [1.54, 1.807) is 51.1 Å². The third-order valence-electron chi connectivity index (χ3n) is 8.02. The van der Waals surface area contributed by atoms with Gasteiger partial charge in [-0.25, -0.2) is 23.3 Å². The molecule has 1 aromatic heterocycles. The third kappa shape index (κ3) is 11.1. The van der Waals surface area contributed by atoms with Crippen LogP contribution >= 0.6 is 0 Å². The van der Waals surface area contributed by atoms with Crippen LogP contribution in [0.1, 0.15) is 81.8 Å². The molecular formula is C35H44F3N3O7. The lowest BCUT2D eigenvalue weighted by atomic mass is 9.91. The number of fused-ring (bicyclic) bond motifs is 1. The minimum Gasteiger partial charge on any atom is -0.449 e. The topological polar surface area (TPSA) is 127 Å². The van der Waals surface area contributed by atoms with Crippen LogP contribution in [0.5, 0.6) is 0 Å². The number of likely N-dealkylation sites (N-methyl/N-ethyl adjacent to an activating group) is 1. The molecule has 2 amide bonds. The van der Waals surface area contributed by atoms with Crippen LogP contribution in [-0.2, 0) is 19.3 Å². The molecule has 0 saturated carbocycles. The van der Waals surface area contributed by atoms with Gasteiger partial charge in [-0.2, -0.15) is 0 Å². The second kappa shape index (κ2) is 17.7. The Morgan fingerprint density at radius 1 is 1.10 bits per heavy atom. The summed E-state index contributed by atoms with van der Waals surface area (Å²) in [5, 5.41) is 5.92. The van der Waals surface area contributed by atoms with Gasteiger partial charge < -0.3 is 24.6 Å². The van der Waals surface area contributed by atoms with E-state index in [0.29, 0.717) is 29.5 Å². The number of ether oxygens (including phenoxy) is 1. The molecule has 0 bridgehead atoms. The zero-order chi connectivity index (χ0) is 35.4. The molecule has 48 heavy (non-hydrogen) atoms. The van der Waals surface area contributed by atoms with E-state index < -0.39 is 36.4 Å². The molecular weight excluding hydrogens is 631 g/mol. The van der Waals surface area contributed by atoms with Crippen molar-refractivity contribution in [2.45, 2.75) is 83.4 Å². The normalized spacial score (nSPS) is 17.5. The van der Waals surface area contributed by atoms with Gasteiger partial charge in [0, 0.05) is 27.4 Å². The predicted molar refractivity (Wildman–Crippen MR) is 174 cm³/mol. The lowest BCUT2D eigenvalue weighted by Crippen LogP contribution is -2.40. The van der Waals surface area contributed by atoms with Crippen molar-refractivity contribution in [1.82, 2.24) is 10.2 Å². The molecule has 1 aliphatic heterocycles. The Morgan fingerprint density at radius 3 is 2.42 bits per heavy atom. The number of rotatable bonds is 12. The van der Waals surface area contributed by atoms with Gasteiger partial charge in [0.05, 0.1) is 12.1 Å². The lowest BCUT2D eigenvalue weighted by Gasteiger charge is -2.24. The second-order valence-electron chi connectivity index (χ2n) is 12.8. The van der Waals surface area contributed by atoms with Crippen molar-refractivity contribution >= 4 is 40.9 Å². The van der Waals surface area contributed by atoms with Gasteiger partial charge in [0.15, 0.2) is 0 Å². The number of carbonyl (C=O) groups is 4. The number of alkyl halides is 1. The number of furan rings is 1. The highest BCUT2D eigenvalue weighted by Crippen LogP contribution is 2.34. The maximum Gasteiger partial charge on any atom is 0.414 e. The fourth-order valence-corrected chi connectivity index (χ4v) is 5.52. The van der Waals surface area contributed by atoms with Crippen molar-refractivity contribution in [3.8, 4) is 0 Å². The Bertz CT molecular complexity index is 1520. The van der Waals surface area contributed by atoms with E-state index in [9.17, 15) is 32.5 Å². The Labute approximate surface area is 278 Å². The number of nitrogens with zero attached hydrogens (tertiary/aromatic N) is 1. The van der Waals surface area contributed by atoms with Gasteiger partial charge in [-0.15, -0.1) is 0 Å². The number of hydrogen-bond donors (Lipinski definition) is 2. The number of nitrogens with one attached hydrogen (secondary N) is 2. The van der Waals surface area contributed by atoms with Crippen LogP contribution in [-0.4, -0.2) is 67.1 Å². The first-order chi connectivity index (χ1) is 22.8. The van der Waals surface area contributed by atoms with Crippen LogP contribution in [0.3, 0.4) is 0 Å². The number of benzene rings is 2. The SMILES string of the molecule is CCC(C=O)CCCC(CF)NC(=O)OC(C)(C)C.CN1CCC(c2ccc(F)cc2)C1C(=O)Nc1ccc2oc(C(=O)OF)cc2c1. The molecule has 13 heteroatoms. The van der Waals surface area contributed by atoms with E-state index in [1.165, 1.54) is 18.2 Å². The van der Waals surface area contributed by atoms with Crippen molar-refractivity contribution in [3.05, 3.63) is 65.7 Å². The van der Waals surface area contributed by atoms with Crippen LogP contribution in [0.25, 0.3) is 11.0 Å². The minimum absolute atomic E-state index is 0.0294. The average Bonchev–Trinajstić information content (AvgIpc) is 3.65. The minimum atomic E-state index is -1.22. The van der Waals surface area contributed by atoms with Gasteiger partial charge in [0.25, 0.3) is 0 Å². The summed E-state index contributed by atoms with van der Waals surface area (Å²) in [5.74, 6) is -2.01. The standard InChI is InChI=1S/C21H18F2N2O4.C14H26FNO3/c1-25-9-8-16(12-2-4-14(22)5-3-12)19(25)20(26)24-15-6-7-17-13(10-15)11-18(28-17)21(27)29-23;1-5-11(10-17)7-6-8-12(9-15)16-13(18)19-14(2,3)4/h2-7,10-11,16,19H,8-9H2,1H3,(H,24,26);10-12H,5-9H2,1-4H3,(H,16,18). The molecule has 1 aliphatic rings. The smallest absolute Gasteiger partial charge is 0.414 e. The summed E-state index contributed by atoms with van der Waals surface area (Å²) in [5.41, 5.74) is 1.21. The molecule has 4 atom stereocenters. The molecule has 262 valence electrons. The van der Waals surface area contributed by atoms with Crippen LogP contribution in [0.4, 0.5) is 23.8 Å². The van der Waals surface area contributed by atoms with Crippen LogP contribution in [0.2, 0.25) is 0 Å². The third-order valence-corrected chi connectivity index (χ3v) is 8.02. The Kier molecular flexibility index (Phi) is 14.0. The predicted octanol–water partition coefficient (Wildman–Crippen LogP) is 7.28. The average molecular weight is 676 g/mol. The summed E-state index contributed by atoms with van der Waals surface area (Å²) < 4.78 is 48.4. The Hall–Kier alpha value is -4.39. The number of halogens is 3. The highest BCUT2D eigenvalue weighted by Gasteiger charge is 2.38. The molecule has 2 N–H and O–H groups in total. The Morgan fingerprint density at radius 2 is 1.81 bits per heavy atom. The number of anilines is 1. The monoisotopic (exact) mass is 675 g/mol. The maximum atomic E-state index is 13.2. The zero-order valence-corrected chi connectivity index (χ0v) is 27.9. The number of likely N-dealkylation sites (tertiary alicyclic amines) is 1. The van der Waals surface area contributed by atoms with E-state index in [1.807, 2.05) is 18.9 Å². The number of carbonyl (C=O) groups excluding carboxylic acids is 4. The summed E-state index contributed by atoms with van der Waals surface area (Å²) in [4.78, 5) is 51.5. The summed E-state index contributed by atoms with van der Waals surface area (Å²) in [6.07, 6.45) is 3.87.